The maximum Gasteiger partial charge on any atom is 0.0471 e. The molecule has 0 amide bonds. The van der Waals surface area contributed by atoms with Gasteiger partial charge in [-0.05, 0) is 50.6 Å². The van der Waals surface area contributed by atoms with E-state index in [2.05, 4.69) is 49.3 Å². The molecular weight excluding hydrogens is 252 g/mol. The Bertz CT molecular complexity index is 519. The van der Waals surface area contributed by atoms with Gasteiger partial charge >= 0.3 is 0 Å². The highest BCUT2D eigenvalue weighted by molar-refractivity contribution is 7.12. The van der Waals surface area contributed by atoms with E-state index in [0.717, 1.165) is 19.4 Å². The molecule has 1 N–H and O–H groups in total. The van der Waals surface area contributed by atoms with Gasteiger partial charge in [0.25, 0.3) is 0 Å². The third-order valence-electron chi connectivity index (χ3n) is 3.26. The third kappa shape index (κ3) is 3.88. The van der Waals surface area contributed by atoms with E-state index in [0.29, 0.717) is 6.04 Å². The molecule has 19 heavy (non-hydrogen) atoms. The Labute approximate surface area is 119 Å². The topological polar surface area (TPSA) is 24.9 Å². The van der Waals surface area contributed by atoms with Crippen LogP contribution in [-0.2, 0) is 6.42 Å². The van der Waals surface area contributed by atoms with Gasteiger partial charge in [-0.3, -0.25) is 4.98 Å². The van der Waals surface area contributed by atoms with Gasteiger partial charge in [-0.1, -0.05) is 13.0 Å². The summed E-state index contributed by atoms with van der Waals surface area (Å²) in [5, 5.41) is 3.65. The predicted octanol–water partition coefficient (Wildman–Crippen LogP) is 4.04. The highest BCUT2D eigenvalue weighted by Gasteiger charge is 2.15. The van der Waals surface area contributed by atoms with E-state index in [1.54, 1.807) is 0 Å². The van der Waals surface area contributed by atoms with Crippen molar-refractivity contribution in [2.24, 2.45) is 0 Å². The van der Waals surface area contributed by atoms with E-state index < -0.39 is 0 Å². The smallest absolute Gasteiger partial charge is 0.0471 e. The van der Waals surface area contributed by atoms with Crippen molar-refractivity contribution in [2.75, 3.05) is 6.54 Å². The second kappa shape index (κ2) is 6.83. The Morgan fingerprint density at radius 2 is 2.11 bits per heavy atom. The van der Waals surface area contributed by atoms with Gasteiger partial charge in [0.2, 0.25) is 0 Å². The lowest BCUT2D eigenvalue weighted by atomic mass is 10.1. The number of hydrogen-bond acceptors (Lipinski definition) is 3. The molecule has 0 aliphatic heterocycles. The van der Waals surface area contributed by atoms with Crippen LogP contribution in [0, 0.1) is 13.8 Å². The fourth-order valence-corrected chi connectivity index (χ4v) is 3.11. The number of thiophene rings is 1. The normalized spacial score (nSPS) is 12.6. The molecule has 0 bridgehead atoms. The van der Waals surface area contributed by atoms with Gasteiger partial charge < -0.3 is 5.32 Å². The zero-order valence-corrected chi connectivity index (χ0v) is 12.8. The SMILES string of the molecule is CCCNC(Cc1ncccc1C)c1ccc(C)s1. The lowest BCUT2D eigenvalue weighted by molar-refractivity contribution is 0.530. The molecule has 0 spiro atoms. The number of aromatic nitrogens is 1. The van der Waals surface area contributed by atoms with Crippen LogP contribution in [0.3, 0.4) is 0 Å². The standard InChI is InChI=1S/C16H22N2S/c1-4-9-17-15(16-8-7-13(3)19-16)11-14-12(2)6-5-10-18-14/h5-8,10,15,17H,4,9,11H2,1-3H3. The second-order valence-corrected chi connectivity index (χ2v) is 6.25. The minimum atomic E-state index is 0.382. The first-order chi connectivity index (χ1) is 9.20. The molecule has 2 rings (SSSR count). The number of nitrogens with one attached hydrogen (secondary N) is 1. The van der Waals surface area contributed by atoms with Crippen LogP contribution in [0.5, 0.6) is 0 Å². The van der Waals surface area contributed by atoms with E-state index >= 15 is 0 Å². The first-order valence-electron chi connectivity index (χ1n) is 6.91. The van der Waals surface area contributed by atoms with Crippen molar-refractivity contribution in [3.05, 3.63) is 51.5 Å². The molecule has 2 aromatic heterocycles. The van der Waals surface area contributed by atoms with Crippen LogP contribution in [0.25, 0.3) is 0 Å². The Morgan fingerprint density at radius 1 is 1.26 bits per heavy atom. The van der Waals surface area contributed by atoms with Crippen molar-refractivity contribution < 1.29 is 0 Å². The molecule has 0 saturated heterocycles. The molecule has 2 aromatic rings. The summed E-state index contributed by atoms with van der Waals surface area (Å²) >= 11 is 1.88. The van der Waals surface area contributed by atoms with E-state index in [9.17, 15) is 0 Å². The van der Waals surface area contributed by atoms with Gasteiger partial charge in [-0.2, -0.15) is 0 Å². The minimum absolute atomic E-state index is 0.382. The van der Waals surface area contributed by atoms with Crippen molar-refractivity contribution in [1.82, 2.24) is 10.3 Å². The van der Waals surface area contributed by atoms with Crippen LogP contribution in [0.2, 0.25) is 0 Å². The molecule has 0 fully saturated rings. The Balaban J connectivity index is 2.16. The van der Waals surface area contributed by atoms with Gasteiger partial charge in [-0.25, -0.2) is 0 Å². The summed E-state index contributed by atoms with van der Waals surface area (Å²) < 4.78 is 0. The monoisotopic (exact) mass is 274 g/mol. The quantitative estimate of drug-likeness (QED) is 0.860. The van der Waals surface area contributed by atoms with E-state index in [4.69, 9.17) is 0 Å². The van der Waals surface area contributed by atoms with Crippen LogP contribution in [-0.4, -0.2) is 11.5 Å². The maximum atomic E-state index is 4.52. The first-order valence-corrected chi connectivity index (χ1v) is 7.72. The molecule has 0 aliphatic rings. The predicted molar refractivity (Wildman–Crippen MR) is 82.8 cm³/mol. The molecule has 0 saturated carbocycles. The average Bonchev–Trinajstić information content (AvgIpc) is 2.83. The van der Waals surface area contributed by atoms with Gasteiger partial charge in [0, 0.05) is 34.1 Å². The third-order valence-corrected chi connectivity index (χ3v) is 4.38. The number of aryl methyl sites for hydroxylation is 2. The summed E-state index contributed by atoms with van der Waals surface area (Å²) in [4.78, 5) is 7.31. The van der Waals surface area contributed by atoms with E-state index in [-0.39, 0.29) is 0 Å². The van der Waals surface area contributed by atoms with Crippen LogP contribution < -0.4 is 5.32 Å². The van der Waals surface area contributed by atoms with Crippen molar-refractivity contribution in [2.45, 2.75) is 39.7 Å². The van der Waals surface area contributed by atoms with Crippen LogP contribution >= 0.6 is 11.3 Å². The highest BCUT2D eigenvalue weighted by atomic mass is 32.1. The number of pyridine rings is 1. The molecule has 0 radical (unpaired) electrons. The molecule has 1 unspecified atom stereocenters. The maximum absolute atomic E-state index is 4.52. The lowest BCUT2D eigenvalue weighted by Gasteiger charge is -2.17. The zero-order valence-electron chi connectivity index (χ0n) is 11.9. The van der Waals surface area contributed by atoms with Crippen molar-refractivity contribution in [1.29, 1.82) is 0 Å². The largest absolute Gasteiger partial charge is 0.309 e. The number of nitrogens with zero attached hydrogens (tertiary/aromatic N) is 1. The second-order valence-electron chi connectivity index (χ2n) is 4.93. The lowest BCUT2D eigenvalue weighted by Crippen LogP contribution is -2.24. The number of hydrogen-bond donors (Lipinski definition) is 1. The van der Waals surface area contributed by atoms with Crippen LogP contribution in [0.15, 0.2) is 30.5 Å². The molecule has 1 atom stereocenters. The Morgan fingerprint density at radius 3 is 2.74 bits per heavy atom. The molecule has 0 aliphatic carbocycles. The average molecular weight is 274 g/mol. The summed E-state index contributed by atoms with van der Waals surface area (Å²) in [7, 11) is 0. The summed E-state index contributed by atoms with van der Waals surface area (Å²) in [5.41, 5.74) is 2.47. The van der Waals surface area contributed by atoms with Crippen molar-refractivity contribution >= 4 is 11.3 Å². The minimum Gasteiger partial charge on any atom is -0.309 e. The molecule has 0 aromatic carbocycles. The molecule has 3 heteroatoms. The Kier molecular flexibility index (Phi) is 5.11. The molecule has 102 valence electrons. The summed E-state index contributed by atoms with van der Waals surface area (Å²) in [6, 6.07) is 8.96. The van der Waals surface area contributed by atoms with Gasteiger partial charge in [0.15, 0.2) is 0 Å². The summed E-state index contributed by atoms with van der Waals surface area (Å²) in [6.45, 7) is 7.55. The molecule has 2 nitrogen and oxygen atoms in total. The zero-order chi connectivity index (χ0) is 13.7. The fraction of sp³-hybridized carbons (Fsp3) is 0.438. The van der Waals surface area contributed by atoms with Gasteiger partial charge in [-0.15, -0.1) is 11.3 Å². The number of rotatable bonds is 6. The highest BCUT2D eigenvalue weighted by Crippen LogP contribution is 2.26. The van der Waals surface area contributed by atoms with Gasteiger partial charge in [0.1, 0.15) is 0 Å². The van der Waals surface area contributed by atoms with E-state index in [1.165, 1.54) is 21.0 Å². The van der Waals surface area contributed by atoms with Crippen molar-refractivity contribution in [3.63, 3.8) is 0 Å². The summed E-state index contributed by atoms with van der Waals surface area (Å²) in [6.07, 6.45) is 4.01. The Hall–Kier alpha value is -1.19. The van der Waals surface area contributed by atoms with Crippen LogP contribution in [0.1, 0.15) is 40.4 Å². The van der Waals surface area contributed by atoms with E-state index in [1.807, 2.05) is 23.6 Å². The molecule has 2 heterocycles. The van der Waals surface area contributed by atoms with Gasteiger partial charge in [0.05, 0.1) is 0 Å². The first kappa shape index (κ1) is 14.2. The van der Waals surface area contributed by atoms with Crippen molar-refractivity contribution in [3.8, 4) is 0 Å². The fourth-order valence-electron chi connectivity index (χ4n) is 2.16. The van der Waals surface area contributed by atoms with Crippen LogP contribution in [0.4, 0.5) is 0 Å². The summed E-state index contributed by atoms with van der Waals surface area (Å²) in [5.74, 6) is 0. The molecular formula is C16H22N2S.